The van der Waals surface area contributed by atoms with Gasteiger partial charge in [0.2, 0.25) is 0 Å². The van der Waals surface area contributed by atoms with Gasteiger partial charge < -0.3 is 9.80 Å². The Kier molecular flexibility index (Phi) is 6.22. The van der Waals surface area contributed by atoms with E-state index in [1.54, 1.807) is 0 Å². The van der Waals surface area contributed by atoms with Crippen molar-refractivity contribution in [2.75, 3.05) is 59.0 Å². The van der Waals surface area contributed by atoms with Gasteiger partial charge in [-0.3, -0.25) is 19.4 Å². The van der Waals surface area contributed by atoms with Crippen LogP contribution in [0.25, 0.3) is 0 Å². The quantitative estimate of drug-likeness (QED) is 0.797. The standard InChI is InChI=1S/C23H28N4O2/c28-22(20-7-3-1-4-8-20)26-15-11-24(12-16-26)19-25-13-17-27(18-14-25)23(29)21-9-5-2-6-10-21/h1-10H,11-19H2. The number of amides is 2. The highest BCUT2D eigenvalue weighted by Gasteiger charge is 2.26. The van der Waals surface area contributed by atoms with Gasteiger partial charge in [-0.15, -0.1) is 0 Å². The normalized spacial score (nSPS) is 18.6. The lowest BCUT2D eigenvalue weighted by molar-refractivity contribution is 0.0354. The minimum Gasteiger partial charge on any atom is -0.336 e. The molecule has 2 aromatic carbocycles. The molecule has 29 heavy (non-hydrogen) atoms. The van der Waals surface area contributed by atoms with Gasteiger partial charge in [0.05, 0.1) is 6.67 Å². The van der Waals surface area contributed by atoms with E-state index in [0.717, 1.165) is 70.2 Å². The molecule has 2 heterocycles. The second-order valence-electron chi connectivity index (χ2n) is 7.69. The molecule has 6 nitrogen and oxygen atoms in total. The zero-order valence-corrected chi connectivity index (χ0v) is 16.7. The van der Waals surface area contributed by atoms with E-state index in [2.05, 4.69) is 9.80 Å². The molecule has 2 amide bonds. The van der Waals surface area contributed by atoms with E-state index in [-0.39, 0.29) is 11.8 Å². The van der Waals surface area contributed by atoms with Crippen LogP contribution in [-0.2, 0) is 0 Å². The van der Waals surface area contributed by atoms with Crippen molar-refractivity contribution in [3.8, 4) is 0 Å². The van der Waals surface area contributed by atoms with E-state index in [9.17, 15) is 9.59 Å². The van der Waals surface area contributed by atoms with E-state index in [0.29, 0.717) is 0 Å². The van der Waals surface area contributed by atoms with Crippen LogP contribution in [0.5, 0.6) is 0 Å². The molecule has 0 spiro atoms. The Labute approximate surface area is 172 Å². The summed E-state index contributed by atoms with van der Waals surface area (Å²) in [5.74, 6) is 0.247. The topological polar surface area (TPSA) is 47.1 Å². The van der Waals surface area contributed by atoms with E-state index in [1.165, 1.54) is 0 Å². The molecule has 2 fully saturated rings. The highest BCUT2D eigenvalue weighted by molar-refractivity contribution is 5.94. The summed E-state index contributed by atoms with van der Waals surface area (Å²) in [7, 11) is 0. The van der Waals surface area contributed by atoms with Crippen molar-refractivity contribution in [1.82, 2.24) is 19.6 Å². The van der Waals surface area contributed by atoms with Crippen LogP contribution < -0.4 is 0 Å². The van der Waals surface area contributed by atoms with Gasteiger partial charge in [0.1, 0.15) is 0 Å². The van der Waals surface area contributed by atoms with Crippen molar-refractivity contribution in [1.29, 1.82) is 0 Å². The van der Waals surface area contributed by atoms with Gasteiger partial charge in [0.15, 0.2) is 0 Å². The number of piperazine rings is 2. The van der Waals surface area contributed by atoms with Crippen LogP contribution in [0.1, 0.15) is 20.7 Å². The van der Waals surface area contributed by atoms with Gasteiger partial charge in [-0.25, -0.2) is 0 Å². The third-order valence-corrected chi connectivity index (χ3v) is 5.76. The Hall–Kier alpha value is -2.70. The van der Waals surface area contributed by atoms with Crippen molar-refractivity contribution < 1.29 is 9.59 Å². The molecule has 2 aliphatic rings. The summed E-state index contributed by atoms with van der Waals surface area (Å²) >= 11 is 0. The number of nitrogens with zero attached hydrogens (tertiary/aromatic N) is 4. The highest BCUT2D eigenvalue weighted by Crippen LogP contribution is 2.12. The number of benzene rings is 2. The number of carbonyl (C=O) groups is 2. The molecular weight excluding hydrogens is 364 g/mol. The Morgan fingerprint density at radius 1 is 0.552 bits per heavy atom. The first kappa shape index (κ1) is 19.6. The second-order valence-corrected chi connectivity index (χ2v) is 7.69. The molecule has 0 bridgehead atoms. The third kappa shape index (κ3) is 4.83. The first-order valence-corrected chi connectivity index (χ1v) is 10.3. The first-order valence-electron chi connectivity index (χ1n) is 10.3. The molecule has 152 valence electrons. The monoisotopic (exact) mass is 392 g/mol. The first-order chi connectivity index (χ1) is 14.2. The average Bonchev–Trinajstić information content (AvgIpc) is 2.80. The zero-order chi connectivity index (χ0) is 20.1. The van der Waals surface area contributed by atoms with Gasteiger partial charge >= 0.3 is 0 Å². The van der Waals surface area contributed by atoms with Gasteiger partial charge in [-0.1, -0.05) is 36.4 Å². The molecule has 6 heteroatoms. The maximum absolute atomic E-state index is 12.6. The van der Waals surface area contributed by atoms with Gasteiger partial charge in [0, 0.05) is 63.5 Å². The fourth-order valence-electron chi connectivity index (χ4n) is 3.99. The third-order valence-electron chi connectivity index (χ3n) is 5.76. The Morgan fingerprint density at radius 2 is 0.897 bits per heavy atom. The van der Waals surface area contributed by atoms with E-state index in [4.69, 9.17) is 0 Å². The molecule has 0 aromatic heterocycles. The molecule has 2 aromatic rings. The maximum Gasteiger partial charge on any atom is 0.253 e. The number of hydrogen-bond donors (Lipinski definition) is 0. The lowest BCUT2D eigenvalue weighted by atomic mass is 10.2. The SMILES string of the molecule is O=C(c1ccccc1)N1CCN(CN2CCN(C(=O)c3ccccc3)CC2)CC1. The van der Waals surface area contributed by atoms with Crippen LogP contribution in [0.4, 0.5) is 0 Å². The molecule has 4 rings (SSSR count). The average molecular weight is 393 g/mol. The summed E-state index contributed by atoms with van der Waals surface area (Å²) in [6.07, 6.45) is 0. The Morgan fingerprint density at radius 3 is 1.24 bits per heavy atom. The van der Waals surface area contributed by atoms with Crippen molar-refractivity contribution in [2.45, 2.75) is 0 Å². The summed E-state index contributed by atoms with van der Waals surface area (Å²) < 4.78 is 0. The lowest BCUT2D eigenvalue weighted by Gasteiger charge is -2.40. The van der Waals surface area contributed by atoms with E-state index < -0.39 is 0 Å². The molecule has 0 saturated carbocycles. The predicted molar refractivity (Wildman–Crippen MR) is 113 cm³/mol. The predicted octanol–water partition coefficient (Wildman–Crippen LogP) is 1.86. The largest absolute Gasteiger partial charge is 0.336 e. The minimum absolute atomic E-state index is 0.123. The fraction of sp³-hybridized carbons (Fsp3) is 0.391. The fourth-order valence-corrected chi connectivity index (χ4v) is 3.99. The molecule has 0 N–H and O–H groups in total. The summed E-state index contributed by atoms with van der Waals surface area (Å²) in [4.78, 5) is 33.9. The van der Waals surface area contributed by atoms with Crippen LogP contribution in [0.3, 0.4) is 0 Å². The molecule has 0 radical (unpaired) electrons. The van der Waals surface area contributed by atoms with Crippen molar-refractivity contribution in [3.63, 3.8) is 0 Å². The molecule has 0 aliphatic carbocycles. The van der Waals surface area contributed by atoms with Crippen molar-refractivity contribution >= 4 is 11.8 Å². The molecule has 0 unspecified atom stereocenters. The molecular formula is C23H28N4O2. The molecule has 0 atom stereocenters. The number of hydrogen-bond acceptors (Lipinski definition) is 4. The summed E-state index contributed by atoms with van der Waals surface area (Å²) in [5, 5.41) is 0. The van der Waals surface area contributed by atoms with E-state index in [1.807, 2.05) is 70.5 Å². The summed E-state index contributed by atoms with van der Waals surface area (Å²) in [6.45, 7) is 7.52. The van der Waals surface area contributed by atoms with Crippen LogP contribution in [-0.4, -0.2) is 90.4 Å². The summed E-state index contributed by atoms with van der Waals surface area (Å²) in [5.41, 5.74) is 1.53. The smallest absolute Gasteiger partial charge is 0.253 e. The van der Waals surface area contributed by atoms with Gasteiger partial charge in [-0.2, -0.15) is 0 Å². The second kappa shape index (κ2) is 9.20. The summed E-state index contributed by atoms with van der Waals surface area (Å²) in [6, 6.07) is 19.0. The van der Waals surface area contributed by atoms with Crippen LogP contribution in [0, 0.1) is 0 Å². The minimum atomic E-state index is 0.123. The van der Waals surface area contributed by atoms with Crippen LogP contribution in [0.15, 0.2) is 60.7 Å². The number of rotatable bonds is 4. The maximum atomic E-state index is 12.6. The molecule has 2 aliphatic heterocycles. The van der Waals surface area contributed by atoms with Crippen molar-refractivity contribution in [3.05, 3.63) is 71.8 Å². The number of carbonyl (C=O) groups excluding carboxylic acids is 2. The lowest BCUT2D eigenvalue weighted by Crippen LogP contribution is -2.55. The van der Waals surface area contributed by atoms with Crippen molar-refractivity contribution in [2.24, 2.45) is 0 Å². The Bertz CT molecular complexity index is 742. The highest BCUT2D eigenvalue weighted by atomic mass is 16.2. The molecule has 2 saturated heterocycles. The Balaban J connectivity index is 1.21. The zero-order valence-electron chi connectivity index (χ0n) is 16.7. The van der Waals surface area contributed by atoms with E-state index >= 15 is 0 Å². The van der Waals surface area contributed by atoms with Crippen LogP contribution in [0.2, 0.25) is 0 Å². The van der Waals surface area contributed by atoms with Gasteiger partial charge in [0.25, 0.3) is 11.8 Å². The van der Waals surface area contributed by atoms with Crippen LogP contribution >= 0.6 is 0 Å². The van der Waals surface area contributed by atoms with Gasteiger partial charge in [-0.05, 0) is 24.3 Å².